The lowest BCUT2D eigenvalue weighted by Gasteiger charge is -1.94. The van der Waals surface area contributed by atoms with Gasteiger partial charge in [0.15, 0.2) is 0 Å². The monoisotopic (exact) mass is 284 g/mol. The largest absolute Gasteiger partial charge is 0.0985 e. The fourth-order valence-corrected chi connectivity index (χ4v) is 1.59. The number of halogens is 3. The fourth-order valence-electron chi connectivity index (χ4n) is 1.07. The van der Waals surface area contributed by atoms with E-state index in [-0.39, 0.29) is 0 Å². The van der Waals surface area contributed by atoms with Crippen molar-refractivity contribution in [3.8, 4) is 0 Å². The second-order valence-corrected chi connectivity index (χ2v) is 4.34. The summed E-state index contributed by atoms with van der Waals surface area (Å²) in [4.78, 5) is 0. The molecular weight excluding hydrogens is 275 g/mol. The van der Waals surface area contributed by atoms with Crippen LogP contribution in [0, 0.1) is 0 Å². The van der Waals surface area contributed by atoms with Crippen LogP contribution in [0.3, 0.4) is 0 Å². The van der Waals surface area contributed by atoms with Crippen LogP contribution >= 0.6 is 34.8 Å². The molecule has 0 aliphatic rings. The van der Waals surface area contributed by atoms with Crippen molar-refractivity contribution < 1.29 is 0 Å². The quantitative estimate of drug-likeness (QED) is 0.566. The van der Waals surface area contributed by atoms with E-state index in [1.807, 2.05) is 36.4 Å². The van der Waals surface area contributed by atoms with E-state index in [9.17, 15) is 0 Å². The lowest BCUT2D eigenvalue weighted by molar-refractivity contribution is 1.67. The first kappa shape index (κ1) is 14.1. The standard InChI is InChI=1S/C8H8.C6H3Cl3/c1-2-8-6-4-3-5-7-8;7-4-2-1-3-5(8)6(4)9/h2-7H,1H2;1-3H. The first-order chi connectivity index (χ1) is 8.15. The second-order valence-electron chi connectivity index (χ2n) is 3.15. The molecule has 0 spiro atoms. The maximum atomic E-state index is 5.61. The van der Waals surface area contributed by atoms with Gasteiger partial charge in [0.25, 0.3) is 0 Å². The van der Waals surface area contributed by atoms with Gasteiger partial charge in [0.1, 0.15) is 0 Å². The summed E-state index contributed by atoms with van der Waals surface area (Å²) in [5.74, 6) is 0. The zero-order chi connectivity index (χ0) is 12.7. The minimum absolute atomic E-state index is 0.417. The minimum atomic E-state index is 0.417. The van der Waals surface area contributed by atoms with Crippen molar-refractivity contribution in [2.75, 3.05) is 0 Å². The Kier molecular flexibility index (Phi) is 6.13. The van der Waals surface area contributed by atoms with E-state index in [1.54, 1.807) is 18.2 Å². The Morgan fingerprint density at radius 2 is 1.29 bits per heavy atom. The molecule has 0 unspecified atom stereocenters. The number of rotatable bonds is 1. The summed E-state index contributed by atoms with van der Waals surface area (Å²) < 4.78 is 0. The lowest BCUT2D eigenvalue weighted by atomic mass is 10.2. The summed E-state index contributed by atoms with van der Waals surface area (Å²) >= 11 is 16.8. The average Bonchev–Trinajstić information content (AvgIpc) is 2.37. The van der Waals surface area contributed by atoms with Crippen LogP contribution in [0.2, 0.25) is 15.1 Å². The third-order valence-corrected chi connectivity index (χ3v) is 3.17. The molecule has 3 heteroatoms. The van der Waals surface area contributed by atoms with E-state index in [4.69, 9.17) is 34.8 Å². The summed E-state index contributed by atoms with van der Waals surface area (Å²) in [7, 11) is 0. The fraction of sp³-hybridized carbons (Fsp3) is 0. The Labute approximate surface area is 116 Å². The molecule has 0 aliphatic heterocycles. The molecule has 0 saturated heterocycles. The summed E-state index contributed by atoms with van der Waals surface area (Å²) in [6.45, 7) is 3.63. The van der Waals surface area contributed by atoms with E-state index >= 15 is 0 Å². The van der Waals surface area contributed by atoms with Crippen molar-refractivity contribution in [3.63, 3.8) is 0 Å². The summed E-state index contributed by atoms with van der Waals surface area (Å²) in [6, 6.07) is 15.2. The molecule has 0 atom stereocenters. The molecular formula is C14H11Cl3. The maximum absolute atomic E-state index is 5.61. The van der Waals surface area contributed by atoms with Gasteiger partial charge in [-0.05, 0) is 17.7 Å². The Balaban J connectivity index is 0.000000171. The van der Waals surface area contributed by atoms with Crippen LogP contribution in [0.25, 0.3) is 6.08 Å². The highest BCUT2D eigenvalue weighted by Gasteiger charge is 1.98. The van der Waals surface area contributed by atoms with Crippen molar-refractivity contribution in [1.82, 2.24) is 0 Å². The highest BCUT2D eigenvalue weighted by atomic mass is 35.5. The molecule has 0 N–H and O–H groups in total. The van der Waals surface area contributed by atoms with E-state index in [2.05, 4.69) is 6.58 Å². The molecule has 0 bridgehead atoms. The normalized spacial score (nSPS) is 9.12. The third-order valence-electron chi connectivity index (χ3n) is 1.94. The van der Waals surface area contributed by atoms with Gasteiger partial charge in [-0.1, -0.05) is 83.9 Å². The van der Waals surface area contributed by atoms with Crippen molar-refractivity contribution >= 4 is 40.9 Å². The molecule has 0 aliphatic carbocycles. The number of hydrogen-bond donors (Lipinski definition) is 0. The van der Waals surface area contributed by atoms with Gasteiger partial charge in [0, 0.05) is 0 Å². The van der Waals surface area contributed by atoms with Crippen LogP contribution in [-0.2, 0) is 0 Å². The molecule has 0 fully saturated rings. The van der Waals surface area contributed by atoms with Crippen molar-refractivity contribution in [1.29, 1.82) is 0 Å². The highest BCUT2D eigenvalue weighted by Crippen LogP contribution is 2.28. The molecule has 2 aromatic carbocycles. The van der Waals surface area contributed by atoms with Crippen LogP contribution < -0.4 is 0 Å². The highest BCUT2D eigenvalue weighted by molar-refractivity contribution is 6.47. The van der Waals surface area contributed by atoms with Crippen molar-refractivity contribution in [3.05, 3.63) is 75.7 Å². The van der Waals surface area contributed by atoms with E-state index < -0.39 is 0 Å². The molecule has 17 heavy (non-hydrogen) atoms. The van der Waals surface area contributed by atoms with Crippen LogP contribution in [-0.4, -0.2) is 0 Å². The molecule has 0 aromatic heterocycles. The van der Waals surface area contributed by atoms with Crippen molar-refractivity contribution in [2.45, 2.75) is 0 Å². The Hall–Kier alpha value is -0.950. The minimum Gasteiger partial charge on any atom is -0.0985 e. The number of hydrogen-bond acceptors (Lipinski definition) is 0. The SMILES string of the molecule is C=Cc1ccccc1.Clc1cccc(Cl)c1Cl. The summed E-state index contributed by atoms with van der Waals surface area (Å²) in [5, 5.41) is 1.40. The molecule has 0 saturated carbocycles. The van der Waals surface area contributed by atoms with Gasteiger partial charge in [-0.3, -0.25) is 0 Å². The van der Waals surface area contributed by atoms with Crippen LogP contribution in [0.15, 0.2) is 55.1 Å². The Bertz CT molecular complexity index is 458. The Morgan fingerprint density at radius 1 is 0.765 bits per heavy atom. The second kappa shape index (κ2) is 7.39. The van der Waals surface area contributed by atoms with Crippen LogP contribution in [0.5, 0.6) is 0 Å². The molecule has 2 aromatic rings. The zero-order valence-corrected chi connectivity index (χ0v) is 11.3. The number of benzene rings is 2. The van der Waals surface area contributed by atoms with Gasteiger partial charge in [0.05, 0.1) is 15.1 Å². The van der Waals surface area contributed by atoms with Crippen LogP contribution in [0.1, 0.15) is 5.56 Å². The van der Waals surface area contributed by atoms with E-state index in [1.165, 1.54) is 5.56 Å². The first-order valence-electron chi connectivity index (χ1n) is 4.92. The topological polar surface area (TPSA) is 0 Å². The van der Waals surface area contributed by atoms with Gasteiger partial charge in [-0.15, -0.1) is 0 Å². The van der Waals surface area contributed by atoms with Gasteiger partial charge >= 0.3 is 0 Å². The maximum Gasteiger partial charge on any atom is 0.0778 e. The predicted molar refractivity (Wildman–Crippen MR) is 78.0 cm³/mol. The smallest absolute Gasteiger partial charge is 0.0778 e. The average molecular weight is 286 g/mol. The summed E-state index contributed by atoms with van der Waals surface area (Å²) in [5.41, 5.74) is 1.17. The van der Waals surface area contributed by atoms with E-state index in [0.717, 1.165) is 0 Å². The molecule has 0 amide bonds. The van der Waals surface area contributed by atoms with Gasteiger partial charge in [0.2, 0.25) is 0 Å². The molecule has 0 heterocycles. The lowest BCUT2D eigenvalue weighted by Crippen LogP contribution is -1.67. The van der Waals surface area contributed by atoms with Gasteiger partial charge < -0.3 is 0 Å². The van der Waals surface area contributed by atoms with Crippen LogP contribution in [0.4, 0.5) is 0 Å². The van der Waals surface area contributed by atoms with Gasteiger partial charge in [-0.25, -0.2) is 0 Å². The molecule has 0 nitrogen and oxygen atoms in total. The zero-order valence-electron chi connectivity index (χ0n) is 9.04. The predicted octanol–water partition coefficient (Wildman–Crippen LogP) is 5.98. The molecule has 0 radical (unpaired) electrons. The van der Waals surface area contributed by atoms with E-state index in [0.29, 0.717) is 15.1 Å². The Morgan fingerprint density at radius 3 is 1.65 bits per heavy atom. The van der Waals surface area contributed by atoms with Gasteiger partial charge in [-0.2, -0.15) is 0 Å². The molecule has 88 valence electrons. The van der Waals surface area contributed by atoms with Crippen molar-refractivity contribution in [2.24, 2.45) is 0 Å². The summed E-state index contributed by atoms with van der Waals surface area (Å²) in [6.07, 6.45) is 1.83. The third kappa shape index (κ3) is 4.82. The first-order valence-corrected chi connectivity index (χ1v) is 6.05. The molecule has 2 rings (SSSR count).